The van der Waals surface area contributed by atoms with Gasteiger partial charge in [-0.25, -0.2) is 0 Å². The van der Waals surface area contributed by atoms with E-state index in [1.807, 2.05) is 61.6 Å². The van der Waals surface area contributed by atoms with Gasteiger partial charge in [-0.1, -0.05) is 45.2 Å². The molecule has 1 aromatic carbocycles. The number of thiazole rings is 1. The first kappa shape index (κ1) is 26.6. The fourth-order valence-corrected chi connectivity index (χ4v) is 3.58. The molecule has 1 amide bonds. The van der Waals surface area contributed by atoms with Crippen LogP contribution in [0.15, 0.2) is 29.3 Å². The van der Waals surface area contributed by atoms with E-state index < -0.39 is 0 Å². The topological polar surface area (TPSA) is 37.6 Å². The van der Waals surface area contributed by atoms with Gasteiger partial charge in [0.05, 0.1) is 6.42 Å². The Morgan fingerprint density at radius 3 is 2.41 bits per heavy atom. The van der Waals surface area contributed by atoms with Crippen LogP contribution in [0.1, 0.15) is 51.8 Å². The summed E-state index contributed by atoms with van der Waals surface area (Å²) in [7, 11) is 1.99. The Balaban J connectivity index is 0.00000164. The summed E-state index contributed by atoms with van der Waals surface area (Å²) in [5.74, 6) is 0.214. The van der Waals surface area contributed by atoms with Crippen molar-refractivity contribution in [2.45, 2.75) is 53.9 Å². The van der Waals surface area contributed by atoms with Crippen LogP contribution in [-0.2, 0) is 18.3 Å². The van der Waals surface area contributed by atoms with Gasteiger partial charge in [0.15, 0.2) is 0 Å². The molecule has 1 aliphatic heterocycles. The molecule has 0 aliphatic carbocycles. The molecule has 0 spiro atoms. The standard InChI is InChI=1S/C18H22N3OS.C2H6.CH4.Yb/c1-14-13-23-18(20(14)2)19-16-9-5-4-8-15(16)12-17(22)21-10-6-3-7-11-21;1-2;;/h4-5,8-9H,3,6-7,10-12H2,1-2H3;1-2H3;1H4;/q-1;;;. The number of benzene rings is 1. The number of likely N-dealkylation sites (tertiary alicyclic amines) is 1. The van der Waals surface area contributed by atoms with Crippen molar-refractivity contribution >= 4 is 22.9 Å². The summed E-state index contributed by atoms with van der Waals surface area (Å²) in [6.45, 7) is 7.81. The second-order valence-electron chi connectivity index (χ2n) is 5.99. The molecule has 1 saturated heterocycles. The smallest absolute Gasteiger partial charge is 0.227 e. The first-order valence-corrected chi connectivity index (χ1v) is 9.91. The summed E-state index contributed by atoms with van der Waals surface area (Å²) in [5.41, 5.74) is 2.94. The van der Waals surface area contributed by atoms with Gasteiger partial charge < -0.3 is 25.8 Å². The van der Waals surface area contributed by atoms with Crippen LogP contribution in [0, 0.1) is 59.2 Å². The van der Waals surface area contributed by atoms with Gasteiger partial charge in [-0.05, 0) is 44.9 Å². The first-order chi connectivity index (χ1) is 12.1. The Morgan fingerprint density at radius 2 is 1.81 bits per heavy atom. The number of carbonyl (C=O) groups is 1. The summed E-state index contributed by atoms with van der Waals surface area (Å²) < 4.78 is 2.02. The zero-order valence-electron chi connectivity index (χ0n) is 16.0. The van der Waals surface area contributed by atoms with E-state index in [-0.39, 0.29) is 60.3 Å². The number of rotatable bonds is 3. The minimum Gasteiger partial charge on any atom is -0.418 e. The number of nitrogens with zero attached hydrogens (tertiary/aromatic N) is 3. The quantitative estimate of drug-likeness (QED) is 0.516. The average Bonchev–Trinajstić information content (AvgIpc) is 2.98. The van der Waals surface area contributed by atoms with E-state index >= 15 is 0 Å². The van der Waals surface area contributed by atoms with Crippen LogP contribution in [0.5, 0.6) is 0 Å². The number of hydrogen-bond acceptors (Lipinski definition) is 3. The predicted octanol–water partition coefficient (Wildman–Crippen LogP) is 4.64. The van der Waals surface area contributed by atoms with Crippen molar-refractivity contribution in [1.82, 2.24) is 9.47 Å². The third kappa shape index (κ3) is 7.52. The SMILES string of the molecule is C.CC.Cc1[c-]sc(=Nc2ccccc2CC(=O)N2CCCCC2)n1C.[Yb]. The fourth-order valence-electron chi connectivity index (χ4n) is 2.79. The molecule has 2 heterocycles. The molecule has 3 rings (SSSR count). The molecule has 4 nitrogen and oxygen atoms in total. The number of hydrogen-bond donors (Lipinski definition) is 0. The minimum atomic E-state index is 0. The predicted molar refractivity (Wildman–Crippen MR) is 111 cm³/mol. The third-order valence-electron chi connectivity index (χ3n) is 4.34. The second kappa shape index (κ2) is 13.8. The Morgan fingerprint density at radius 1 is 1.19 bits per heavy atom. The van der Waals surface area contributed by atoms with Gasteiger partial charge in [0.1, 0.15) is 0 Å². The summed E-state index contributed by atoms with van der Waals surface area (Å²) in [5, 5.41) is 3.20. The molecular formula is C21H32N3OSYb-. The van der Waals surface area contributed by atoms with E-state index in [1.165, 1.54) is 17.8 Å². The largest absolute Gasteiger partial charge is 0.418 e. The third-order valence-corrected chi connectivity index (χ3v) is 5.28. The van der Waals surface area contributed by atoms with Gasteiger partial charge in [0, 0.05) is 70.5 Å². The number of piperidine rings is 1. The summed E-state index contributed by atoms with van der Waals surface area (Å²) in [4.78, 5) is 20.2. The van der Waals surface area contributed by atoms with E-state index in [0.717, 1.165) is 47.7 Å². The summed E-state index contributed by atoms with van der Waals surface area (Å²) in [6, 6.07) is 7.93. The maximum atomic E-state index is 12.5. The fraction of sp³-hybridized carbons (Fsp3) is 0.524. The van der Waals surface area contributed by atoms with Gasteiger partial charge in [-0.15, -0.1) is 0 Å². The molecule has 0 saturated carbocycles. The molecular weight excluding hydrogens is 515 g/mol. The molecule has 27 heavy (non-hydrogen) atoms. The van der Waals surface area contributed by atoms with Crippen molar-refractivity contribution in [3.05, 3.63) is 45.7 Å². The van der Waals surface area contributed by atoms with E-state index in [2.05, 4.69) is 5.38 Å². The van der Waals surface area contributed by atoms with Crippen molar-refractivity contribution < 1.29 is 51.7 Å². The van der Waals surface area contributed by atoms with E-state index in [9.17, 15) is 4.79 Å². The number of carbonyl (C=O) groups excluding carboxylic acids is 1. The normalized spacial score (nSPS) is 13.8. The molecule has 1 fully saturated rings. The van der Waals surface area contributed by atoms with Crippen LogP contribution in [0.2, 0.25) is 0 Å². The Bertz CT molecular complexity index is 761. The van der Waals surface area contributed by atoms with Crippen LogP contribution in [0.4, 0.5) is 5.69 Å². The molecule has 0 atom stereocenters. The minimum absolute atomic E-state index is 0. The van der Waals surface area contributed by atoms with Crippen molar-refractivity contribution in [2.24, 2.45) is 12.0 Å². The van der Waals surface area contributed by atoms with E-state index in [4.69, 9.17) is 4.99 Å². The van der Waals surface area contributed by atoms with Crippen LogP contribution in [0.25, 0.3) is 0 Å². The Kier molecular flexibility index (Phi) is 13.6. The molecule has 1 aliphatic rings. The maximum Gasteiger partial charge on any atom is 0.227 e. The number of aromatic nitrogens is 1. The van der Waals surface area contributed by atoms with Gasteiger partial charge in [0.25, 0.3) is 0 Å². The Labute approximate surface area is 207 Å². The molecule has 2 aromatic rings. The molecule has 1 aromatic heterocycles. The van der Waals surface area contributed by atoms with Crippen molar-refractivity contribution in [3.63, 3.8) is 0 Å². The van der Waals surface area contributed by atoms with Crippen molar-refractivity contribution in [2.75, 3.05) is 13.1 Å². The first-order valence-electron chi connectivity index (χ1n) is 9.09. The van der Waals surface area contributed by atoms with Crippen LogP contribution in [0.3, 0.4) is 0 Å². The monoisotopic (exact) mass is 548 g/mol. The number of amides is 1. The van der Waals surface area contributed by atoms with Gasteiger partial charge in [0.2, 0.25) is 5.91 Å². The van der Waals surface area contributed by atoms with Crippen LogP contribution >= 0.6 is 11.3 Å². The van der Waals surface area contributed by atoms with Crippen LogP contribution in [-0.4, -0.2) is 28.5 Å². The Hall–Kier alpha value is -0.361. The molecule has 6 heteroatoms. The zero-order chi connectivity index (χ0) is 18.2. The van der Waals surface area contributed by atoms with Gasteiger partial charge >= 0.3 is 0 Å². The average molecular weight is 548 g/mol. The van der Waals surface area contributed by atoms with E-state index in [1.54, 1.807) is 0 Å². The number of aryl methyl sites for hydroxylation is 1. The van der Waals surface area contributed by atoms with E-state index in [0.29, 0.717) is 6.42 Å². The molecule has 0 radical (unpaired) electrons. The van der Waals surface area contributed by atoms with Gasteiger partial charge in [-0.3, -0.25) is 4.79 Å². The van der Waals surface area contributed by atoms with Gasteiger partial charge in [-0.2, -0.15) is 5.38 Å². The molecule has 0 N–H and O–H groups in total. The molecule has 0 bridgehead atoms. The maximum absolute atomic E-state index is 12.5. The van der Waals surface area contributed by atoms with Crippen molar-refractivity contribution in [3.8, 4) is 0 Å². The second-order valence-corrected chi connectivity index (χ2v) is 6.76. The molecule has 158 valence electrons. The summed E-state index contributed by atoms with van der Waals surface area (Å²) in [6.07, 6.45) is 3.91. The number of para-hydroxylation sites is 1. The van der Waals surface area contributed by atoms with Crippen LogP contribution < -0.4 is 4.80 Å². The summed E-state index contributed by atoms with van der Waals surface area (Å²) >= 11 is 1.50. The zero-order valence-corrected chi connectivity index (χ0v) is 18.5. The molecule has 0 unspecified atom stereocenters. The van der Waals surface area contributed by atoms with Crippen molar-refractivity contribution in [1.29, 1.82) is 0 Å².